The molecule has 0 saturated carbocycles. The first kappa shape index (κ1) is 12.6. The Kier molecular flexibility index (Phi) is 5.13. The lowest BCUT2D eigenvalue weighted by atomic mass is 10.4. The number of fused-ring (bicyclic) bond motifs is 1. The van der Waals surface area contributed by atoms with Gasteiger partial charge < -0.3 is 5.32 Å². The van der Waals surface area contributed by atoms with Gasteiger partial charge in [0.25, 0.3) is 0 Å². The number of halogens is 2. The minimum absolute atomic E-state index is 0. The minimum Gasteiger partial charge on any atom is -0.323 e. The molecule has 0 saturated heterocycles. The Bertz CT molecular complexity index is 308. The highest BCUT2D eigenvalue weighted by Crippen LogP contribution is 2.27. The summed E-state index contributed by atoms with van der Waals surface area (Å²) in [6.07, 6.45) is 1.73. The standard InChI is InChI=1S/C7H6N2OS.2ClH/c10-6-4-11-7-5(9-6)2-1-3-8-7;;/h1-3H,4H2,(H,9,10);2*1H. The Balaban J connectivity index is 0.000000720. The molecular weight excluding hydrogens is 231 g/mol. The molecule has 0 radical (unpaired) electrons. The van der Waals surface area contributed by atoms with Crippen LogP contribution >= 0.6 is 36.6 Å². The molecule has 3 nitrogen and oxygen atoms in total. The van der Waals surface area contributed by atoms with E-state index in [-0.39, 0.29) is 30.7 Å². The van der Waals surface area contributed by atoms with Crippen molar-refractivity contribution in [2.45, 2.75) is 5.03 Å². The number of rotatable bonds is 0. The highest BCUT2D eigenvalue weighted by Gasteiger charge is 2.14. The second-order valence-electron chi connectivity index (χ2n) is 2.19. The number of anilines is 1. The summed E-state index contributed by atoms with van der Waals surface area (Å²) in [5, 5.41) is 3.65. The summed E-state index contributed by atoms with van der Waals surface area (Å²) in [6, 6.07) is 3.66. The van der Waals surface area contributed by atoms with E-state index in [1.807, 2.05) is 12.1 Å². The van der Waals surface area contributed by atoms with Crippen LogP contribution in [-0.4, -0.2) is 16.6 Å². The van der Waals surface area contributed by atoms with Crippen molar-refractivity contribution in [3.05, 3.63) is 18.3 Å². The van der Waals surface area contributed by atoms with Crippen molar-refractivity contribution >= 4 is 48.2 Å². The Morgan fingerprint density at radius 1 is 1.46 bits per heavy atom. The highest BCUT2D eigenvalue weighted by atomic mass is 35.5. The van der Waals surface area contributed by atoms with E-state index in [4.69, 9.17) is 0 Å². The van der Waals surface area contributed by atoms with Gasteiger partial charge >= 0.3 is 0 Å². The molecule has 1 aromatic rings. The Morgan fingerprint density at radius 2 is 2.23 bits per heavy atom. The van der Waals surface area contributed by atoms with E-state index < -0.39 is 0 Å². The fourth-order valence-electron chi connectivity index (χ4n) is 0.921. The third-order valence-corrected chi connectivity index (χ3v) is 2.39. The van der Waals surface area contributed by atoms with Crippen molar-refractivity contribution in [1.29, 1.82) is 0 Å². The van der Waals surface area contributed by atoms with Gasteiger partial charge in [0.1, 0.15) is 5.03 Å². The topological polar surface area (TPSA) is 42.0 Å². The molecule has 0 bridgehead atoms. The molecule has 1 amide bonds. The van der Waals surface area contributed by atoms with Crippen LogP contribution in [0.25, 0.3) is 0 Å². The number of carbonyl (C=O) groups is 1. The van der Waals surface area contributed by atoms with Gasteiger partial charge in [-0.15, -0.1) is 24.8 Å². The quantitative estimate of drug-likeness (QED) is 0.752. The summed E-state index contributed by atoms with van der Waals surface area (Å²) in [6.45, 7) is 0. The number of aromatic nitrogens is 1. The van der Waals surface area contributed by atoms with Crippen LogP contribution in [0.2, 0.25) is 0 Å². The molecule has 0 spiro atoms. The summed E-state index contributed by atoms with van der Waals surface area (Å²) in [7, 11) is 0. The fraction of sp³-hybridized carbons (Fsp3) is 0.143. The van der Waals surface area contributed by atoms with Crippen molar-refractivity contribution < 1.29 is 4.79 Å². The molecule has 0 fully saturated rings. The van der Waals surface area contributed by atoms with E-state index in [1.54, 1.807) is 6.20 Å². The number of nitrogens with one attached hydrogen (secondary N) is 1. The average molecular weight is 239 g/mol. The number of hydrogen-bond acceptors (Lipinski definition) is 3. The van der Waals surface area contributed by atoms with Crippen LogP contribution in [-0.2, 0) is 4.79 Å². The molecule has 2 rings (SSSR count). The van der Waals surface area contributed by atoms with E-state index in [1.165, 1.54) is 11.8 Å². The average Bonchev–Trinajstić information content (AvgIpc) is 2.04. The van der Waals surface area contributed by atoms with E-state index in [0.29, 0.717) is 5.75 Å². The number of nitrogens with zero attached hydrogens (tertiary/aromatic N) is 1. The summed E-state index contributed by atoms with van der Waals surface area (Å²) in [5.41, 5.74) is 0.828. The monoisotopic (exact) mass is 238 g/mol. The zero-order valence-corrected chi connectivity index (χ0v) is 8.97. The summed E-state index contributed by atoms with van der Waals surface area (Å²) in [5.74, 6) is 0.528. The Hall–Kier alpha value is -0.450. The van der Waals surface area contributed by atoms with Crippen molar-refractivity contribution in [1.82, 2.24) is 4.98 Å². The van der Waals surface area contributed by atoms with Crippen LogP contribution < -0.4 is 5.32 Å². The van der Waals surface area contributed by atoms with Crippen molar-refractivity contribution in [3.63, 3.8) is 0 Å². The lowest BCUT2D eigenvalue weighted by Gasteiger charge is -2.13. The number of hydrogen-bond donors (Lipinski definition) is 1. The maximum absolute atomic E-state index is 10.9. The van der Waals surface area contributed by atoms with Gasteiger partial charge in [0.15, 0.2) is 0 Å². The molecule has 1 N–H and O–H groups in total. The molecule has 2 heterocycles. The third-order valence-electron chi connectivity index (χ3n) is 1.39. The van der Waals surface area contributed by atoms with Crippen molar-refractivity contribution in [3.8, 4) is 0 Å². The molecular formula is C7H8Cl2N2OS. The van der Waals surface area contributed by atoms with Gasteiger partial charge in [-0.25, -0.2) is 4.98 Å². The van der Waals surface area contributed by atoms with Gasteiger partial charge in [0.05, 0.1) is 11.4 Å². The normalized spacial score (nSPS) is 13.1. The molecule has 0 aliphatic carbocycles. The minimum atomic E-state index is 0. The molecule has 1 aliphatic rings. The van der Waals surface area contributed by atoms with Crippen LogP contribution in [0.5, 0.6) is 0 Å². The largest absolute Gasteiger partial charge is 0.323 e. The second kappa shape index (κ2) is 5.32. The summed E-state index contributed by atoms with van der Waals surface area (Å²) in [4.78, 5) is 15.0. The molecule has 0 unspecified atom stereocenters. The Labute approximate surface area is 92.5 Å². The van der Waals surface area contributed by atoms with Crippen molar-refractivity contribution in [2.75, 3.05) is 11.1 Å². The first-order chi connectivity index (χ1) is 5.36. The predicted molar refractivity (Wildman–Crippen MR) is 58.1 cm³/mol. The van der Waals surface area contributed by atoms with Gasteiger partial charge in [0, 0.05) is 6.20 Å². The number of carbonyl (C=O) groups excluding carboxylic acids is 1. The molecule has 72 valence electrons. The van der Waals surface area contributed by atoms with Crippen LogP contribution in [0.15, 0.2) is 23.4 Å². The molecule has 1 aromatic heterocycles. The molecule has 13 heavy (non-hydrogen) atoms. The number of pyridine rings is 1. The van der Waals surface area contributed by atoms with E-state index in [0.717, 1.165) is 10.7 Å². The number of amides is 1. The number of thioether (sulfide) groups is 1. The first-order valence-electron chi connectivity index (χ1n) is 3.24. The molecule has 6 heteroatoms. The van der Waals surface area contributed by atoms with Gasteiger partial charge in [-0.3, -0.25) is 4.79 Å². The van der Waals surface area contributed by atoms with Crippen LogP contribution in [0.4, 0.5) is 5.69 Å². The zero-order chi connectivity index (χ0) is 7.68. The lowest BCUT2D eigenvalue weighted by molar-refractivity contribution is -0.113. The summed E-state index contributed by atoms with van der Waals surface area (Å²) < 4.78 is 0. The van der Waals surface area contributed by atoms with E-state index in [2.05, 4.69) is 10.3 Å². The van der Waals surface area contributed by atoms with Crippen LogP contribution in [0.3, 0.4) is 0 Å². The van der Waals surface area contributed by atoms with Gasteiger partial charge in [-0.2, -0.15) is 0 Å². The zero-order valence-electron chi connectivity index (χ0n) is 6.52. The molecule has 0 aromatic carbocycles. The fourth-order valence-corrected chi connectivity index (χ4v) is 1.67. The molecule has 0 atom stereocenters. The summed E-state index contributed by atoms with van der Waals surface area (Å²) >= 11 is 1.47. The first-order valence-corrected chi connectivity index (χ1v) is 4.22. The second-order valence-corrected chi connectivity index (χ2v) is 3.16. The SMILES string of the molecule is Cl.Cl.O=C1CSc2ncccc2N1. The van der Waals surface area contributed by atoms with Crippen LogP contribution in [0.1, 0.15) is 0 Å². The van der Waals surface area contributed by atoms with E-state index in [9.17, 15) is 4.79 Å². The van der Waals surface area contributed by atoms with Crippen molar-refractivity contribution in [2.24, 2.45) is 0 Å². The maximum Gasteiger partial charge on any atom is 0.234 e. The smallest absolute Gasteiger partial charge is 0.234 e. The van der Waals surface area contributed by atoms with Gasteiger partial charge in [-0.05, 0) is 12.1 Å². The van der Waals surface area contributed by atoms with Gasteiger partial charge in [0.2, 0.25) is 5.91 Å². The Morgan fingerprint density at radius 3 is 3.00 bits per heavy atom. The lowest BCUT2D eigenvalue weighted by Crippen LogP contribution is -2.18. The van der Waals surface area contributed by atoms with Crippen LogP contribution in [0, 0.1) is 0 Å². The third kappa shape index (κ3) is 2.76. The maximum atomic E-state index is 10.9. The molecule has 1 aliphatic heterocycles. The highest BCUT2D eigenvalue weighted by molar-refractivity contribution is 8.00. The van der Waals surface area contributed by atoms with Gasteiger partial charge in [-0.1, -0.05) is 11.8 Å². The van der Waals surface area contributed by atoms with E-state index >= 15 is 0 Å². The predicted octanol–water partition coefficient (Wildman–Crippen LogP) is 1.97.